The van der Waals surface area contributed by atoms with E-state index in [0.29, 0.717) is 16.5 Å². The number of nitrogens with zero attached hydrogens (tertiary/aromatic N) is 3. The molecule has 0 saturated carbocycles. The van der Waals surface area contributed by atoms with Gasteiger partial charge in [-0.05, 0) is 12.1 Å². The second-order valence-corrected chi connectivity index (χ2v) is 5.14. The predicted octanol–water partition coefficient (Wildman–Crippen LogP) is 0.323. The molecule has 1 aromatic heterocycles. The van der Waals surface area contributed by atoms with Crippen molar-refractivity contribution in [1.29, 1.82) is 0 Å². The number of rotatable bonds is 5. The Morgan fingerprint density at radius 3 is 2.62 bits per heavy atom. The summed E-state index contributed by atoms with van der Waals surface area (Å²) in [6.45, 7) is 0.281. The van der Waals surface area contributed by atoms with Crippen molar-refractivity contribution in [2.75, 3.05) is 5.75 Å². The van der Waals surface area contributed by atoms with Gasteiger partial charge in [-0.2, -0.15) is 0 Å². The van der Waals surface area contributed by atoms with Gasteiger partial charge in [0.15, 0.2) is 5.16 Å². The molecule has 0 saturated heterocycles. The third-order valence-electron chi connectivity index (χ3n) is 2.73. The van der Waals surface area contributed by atoms with Crippen LogP contribution in [0.15, 0.2) is 35.5 Å². The minimum Gasteiger partial charge on any atom is -0.324 e. The molecule has 1 aromatic carbocycles. The molecule has 0 radical (unpaired) electrons. The Labute approximate surface area is 125 Å². The summed E-state index contributed by atoms with van der Waals surface area (Å²) in [5.74, 6) is -0.0824. The maximum Gasteiger partial charge on any atom is 0.257 e. The Hall–Kier alpha value is -2.19. The monoisotopic (exact) mass is 305 g/mol. The maximum absolute atomic E-state index is 11.8. The van der Waals surface area contributed by atoms with Crippen LogP contribution >= 0.6 is 11.8 Å². The van der Waals surface area contributed by atoms with Gasteiger partial charge in [-0.15, -0.1) is 10.2 Å². The number of amides is 2. The molecule has 2 rings (SSSR count). The lowest BCUT2D eigenvalue weighted by molar-refractivity contribution is -0.117. The van der Waals surface area contributed by atoms with Crippen molar-refractivity contribution in [3.05, 3.63) is 41.7 Å². The quantitative estimate of drug-likeness (QED) is 0.771. The van der Waals surface area contributed by atoms with E-state index in [1.54, 1.807) is 41.9 Å². The van der Waals surface area contributed by atoms with E-state index in [1.165, 1.54) is 11.8 Å². The number of hydrogen-bond acceptors (Lipinski definition) is 6. The van der Waals surface area contributed by atoms with Crippen molar-refractivity contribution >= 4 is 23.6 Å². The first-order valence-electron chi connectivity index (χ1n) is 6.22. The molecule has 0 fully saturated rings. The van der Waals surface area contributed by atoms with Gasteiger partial charge in [0, 0.05) is 12.6 Å². The number of carbonyl (C=O) groups excluding carboxylic acids is 2. The predicted molar refractivity (Wildman–Crippen MR) is 78.5 cm³/mol. The number of thioether (sulfide) groups is 1. The zero-order valence-corrected chi connectivity index (χ0v) is 12.3. The maximum atomic E-state index is 11.8. The summed E-state index contributed by atoms with van der Waals surface area (Å²) in [4.78, 5) is 23.5. The summed E-state index contributed by atoms with van der Waals surface area (Å²) in [7, 11) is 1.78. The lowest BCUT2D eigenvalue weighted by atomic mass is 10.2. The lowest BCUT2D eigenvalue weighted by Gasteiger charge is -2.04. The molecule has 1 heterocycles. The van der Waals surface area contributed by atoms with Gasteiger partial charge >= 0.3 is 0 Å². The number of nitrogens with one attached hydrogen (secondary N) is 1. The van der Waals surface area contributed by atoms with Crippen molar-refractivity contribution in [3.63, 3.8) is 0 Å². The second kappa shape index (κ2) is 7.00. The fourth-order valence-corrected chi connectivity index (χ4v) is 2.33. The standard InChI is InChI=1S/C13H15N5O2S/c1-18-10(7-14)16-17-13(18)21-8-11(19)15-12(20)9-5-3-2-4-6-9/h2-6H,7-8,14H2,1H3,(H,15,19,20). The van der Waals surface area contributed by atoms with E-state index in [1.807, 2.05) is 0 Å². The summed E-state index contributed by atoms with van der Waals surface area (Å²) < 4.78 is 1.72. The van der Waals surface area contributed by atoms with E-state index < -0.39 is 5.91 Å². The molecule has 0 unspecified atom stereocenters. The van der Waals surface area contributed by atoms with Crippen LogP contribution in [0.2, 0.25) is 0 Å². The Morgan fingerprint density at radius 1 is 1.29 bits per heavy atom. The molecule has 0 bridgehead atoms. The zero-order valence-electron chi connectivity index (χ0n) is 11.4. The van der Waals surface area contributed by atoms with E-state index in [4.69, 9.17) is 5.73 Å². The largest absolute Gasteiger partial charge is 0.324 e. The van der Waals surface area contributed by atoms with Crippen molar-refractivity contribution < 1.29 is 9.59 Å². The third-order valence-corrected chi connectivity index (χ3v) is 3.75. The molecule has 2 amide bonds. The van der Waals surface area contributed by atoms with Gasteiger partial charge in [0.1, 0.15) is 5.82 Å². The Bertz CT molecular complexity index is 641. The highest BCUT2D eigenvalue weighted by Gasteiger charge is 2.13. The van der Waals surface area contributed by atoms with E-state index in [2.05, 4.69) is 15.5 Å². The number of imide groups is 1. The topological polar surface area (TPSA) is 103 Å². The highest BCUT2D eigenvalue weighted by Crippen LogP contribution is 2.14. The van der Waals surface area contributed by atoms with Crippen LogP contribution in [0.1, 0.15) is 16.2 Å². The van der Waals surface area contributed by atoms with Crippen LogP contribution in [0.5, 0.6) is 0 Å². The van der Waals surface area contributed by atoms with Crippen LogP contribution in [-0.2, 0) is 18.4 Å². The average molecular weight is 305 g/mol. The van der Waals surface area contributed by atoms with E-state index >= 15 is 0 Å². The van der Waals surface area contributed by atoms with Crippen molar-refractivity contribution in [2.24, 2.45) is 12.8 Å². The van der Waals surface area contributed by atoms with Gasteiger partial charge in [0.2, 0.25) is 5.91 Å². The molecular formula is C13H15N5O2S. The van der Waals surface area contributed by atoms with Crippen LogP contribution in [-0.4, -0.2) is 32.3 Å². The molecule has 2 aromatic rings. The Morgan fingerprint density at radius 2 is 2.00 bits per heavy atom. The van der Waals surface area contributed by atoms with Gasteiger partial charge < -0.3 is 10.3 Å². The SMILES string of the molecule is Cn1c(CN)nnc1SCC(=O)NC(=O)c1ccccc1. The minimum absolute atomic E-state index is 0.0785. The van der Waals surface area contributed by atoms with Gasteiger partial charge in [0.05, 0.1) is 12.3 Å². The molecule has 0 aliphatic carbocycles. The molecule has 0 spiro atoms. The summed E-state index contributed by atoms with van der Waals surface area (Å²) in [5.41, 5.74) is 5.94. The smallest absolute Gasteiger partial charge is 0.257 e. The van der Waals surface area contributed by atoms with Crippen molar-refractivity contribution in [2.45, 2.75) is 11.7 Å². The lowest BCUT2D eigenvalue weighted by Crippen LogP contribution is -2.31. The number of aromatic nitrogens is 3. The summed E-state index contributed by atoms with van der Waals surface area (Å²) >= 11 is 1.20. The Balaban J connectivity index is 1.87. The van der Waals surface area contributed by atoms with Crippen molar-refractivity contribution in [1.82, 2.24) is 20.1 Å². The van der Waals surface area contributed by atoms with Crippen LogP contribution in [0, 0.1) is 0 Å². The first-order valence-corrected chi connectivity index (χ1v) is 7.20. The van der Waals surface area contributed by atoms with E-state index in [0.717, 1.165) is 0 Å². The first kappa shape index (κ1) is 15.2. The third kappa shape index (κ3) is 3.89. The van der Waals surface area contributed by atoms with Crippen molar-refractivity contribution in [3.8, 4) is 0 Å². The number of carbonyl (C=O) groups is 2. The van der Waals surface area contributed by atoms with Gasteiger partial charge in [-0.1, -0.05) is 30.0 Å². The van der Waals surface area contributed by atoms with E-state index in [-0.39, 0.29) is 18.2 Å². The first-order chi connectivity index (χ1) is 10.1. The highest BCUT2D eigenvalue weighted by atomic mass is 32.2. The average Bonchev–Trinajstić information content (AvgIpc) is 2.86. The molecule has 0 aliphatic rings. The molecule has 110 valence electrons. The second-order valence-electron chi connectivity index (χ2n) is 4.19. The minimum atomic E-state index is -0.415. The highest BCUT2D eigenvalue weighted by molar-refractivity contribution is 7.99. The van der Waals surface area contributed by atoms with Crippen LogP contribution in [0.4, 0.5) is 0 Å². The van der Waals surface area contributed by atoms with E-state index in [9.17, 15) is 9.59 Å². The number of hydrogen-bond donors (Lipinski definition) is 2. The molecule has 0 aliphatic heterocycles. The normalized spacial score (nSPS) is 10.4. The zero-order chi connectivity index (χ0) is 15.2. The molecule has 8 heteroatoms. The number of benzene rings is 1. The molecule has 3 N–H and O–H groups in total. The molecule has 7 nitrogen and oxygen atoms in total. The van der Waals surface area contributed by atoms with Crippen LogP contribution in [0.3, 0.4) is 0 Å². The molecule has 21 heavy (non-hydrogen) atoms. The molecule has 0 atom stereocenters. The molecular weight excluding hydrogens is 290 g/mol. The van der Waals surface area contributed by atoms with Crippen LogP contribution in [0.25, 0.3) is 0 Å². The summed E-state index contributed by atoms with van der Waals surface area (Å²) in [5, 5.41) is 10.7. The van der Waals surface area contributed by atoms with Gasteiger partial charge in [0.25, 0.3) is 5.91 Å². The van der Waals surface area contributed by atoms with Gasteiger partial charge in [-0.25, -0.2) is 0 Å². The Kier molecular flexibility index (Phi) is 5.07. The van der Waals surface area contributed by atoms with Crippen LogP contribution < -0.4 is 11.1 Å². The fraction of sp³-hybridized carbons (Fsp3) is 0.231. The fourth-order valence-electron chi connectivity index (χ4n) is 1.60. The summed E-state index contributed by atoms with van der Waals surface area (Å²) in [6, 6.07) is 8.57. The summed E-state index contributed by atoms with van der Waals surface area (Å²) in [6.07, 6.45) is 0. The van der Waals surface area contributed by atoms with Gasteiger partial charge in [-0.3, -0.25) is 14.9 Å². The number of nitrogens with two attached hydrogens (primary N) is 1.